The SMILES string of the molecule is Cc1c(C(=O)NC2C[C@@H](O)[C@@H](O)C2)oc2c(C)cccc12. The molecule has 3 N–H and O–H groups in total. The summed E-state index contributed by atoms with van der Waals surface area (Å²) >= 11 is 0. The summed E-state index contributed by atoms with van der Waals surface area (Å²) in [4.78, 5) is 12.3. The molecule has 0 radical (unpaired) electrons. The monoisotopic (exact) mass is 289 g/mol. The van der Waals surface area contributed by atoms with Gasteiger partial charge in [0.25, 0.3) is 5.91 Å². The highest BCUT2D eigenvalue weighted by atomic mass is 16.3. The highest BCUT2D eigenvalue weighted by Crippen LogP contribution is 2.28. The molecular formula is C16H19NO4. The van der Waals surface area contributed by atoms with Gasteiger partial charge in [-0.1, -0.05) is 18.2 Å². The number of carbonyl (C=O) groups excluding carboxylic acids is 1. The predicted octanol–water partition coefficient (Wildman–Crippen LogP) is 1.66. The summed E-state index contributed by atoms with van der Waals surface area (Å²) in [5.41, 5.74) is 2.53. The van der Waals surface area contributed by atoms with Crippen LogP contribution >= 0.6 is 0 Å². The number of amides is 1. The average Bonchev–Trinajstić information content (AvgIpc) is 2.92. The lowest BCUT2D eigenvalue weighted by Gasteiger charge is -2.10. The van der Waals surface area contributed by atoms with Crippen molar-refractivity contribution in [3.8, 4) is 0 Å². The van der Waals surface area contributed by atoms with Gasteiger partial charge in [-0.25, -0.2) is 0 Å². The zero-order chi connectivity index (χ0) is 15.1. The van der Waals surface area contributed by atoms with E-state index in [0.29, 0.717) is 18.6 Å². The number of aryl methyl sites for hydroxylation is 2. The number of aliphatic hydroxyl groups is 2. The van der Waals surface area contributed by atoms with Gasteiger partial charge in [-0.3, -0.25) is 4.79 Å². The van der Waals surface area contributed by atoms with Crippen LogP contribution in [0, 0.1) is 13.8 Å². The molecule has 3 rings (SSSR count). The van der Waals surface area contributed by atoms with Crippen LogP contribution in [-0.4, -0.2) is 34.4 Å². The van der Waals surface area contributed by atoms with Crippen molar-refractivity contribution in [2.45, 2.75) is 44.9 Å². The zero-order valence-corrected chi connectivity index (χ0v) is 12.1. The van der Waals surface area contributed by atoms with E-state index in [1.807, 2.05) is 32.0 Å². The molecule has 1 heterocycles. The number of furan rings is 1. The minimum atomic E-state index is -0.769. The van der Waals surface area contributed by atoms with Crippen LogP contribution in [0.15, 0.2) is 22.6 Å². The molecule has 1 fully saturated rings. The quantitative estimate of drug-likeness (QED) is 0.785. The van der Waals surface area contributed by atoms with E-state index in [2.05, 4.69) is 5.32 Å². The Hall–Kier alpha value is -1.85. The van der Waals surface area contributed by atoms with Gasteiger partial charge < -0.3 is 19.9 Å². The molecule has 3 atom stereocenters. The van der Waals surface area contributed by atoms with Crippen LogP contribution in [0.1, 0.15) is 34.5 Å². The first kappa shape index (κ1) is 14.1. The van der Waals surface area contributed by atoms with Crippen molar-refractivity contribution in [1.29, 1.82) is 0 Å². The molecule has 0 spiro atoms. The third-order valence-corrected chi connectivity index (χ3v) is 4.20. The van der Waals surface area contributed by atoms with Crippen LogP contribution in [0.25, 0.3) is 11.0 Å². The first-order chi connectivity index (χ1) is 9.97. The van der Waals surface area contributed by atoms with Crippen LogP contribution in [0.4, 0.5) is 0 Å². The Morgan fingerprint density at radius 1 is 1.24 bits per heavy atom. The van der Waals surface area contributed by atoms with Crippen LogP contribution in [-0.2, 0) is 0 Å². The van der Waals surface area contributed by atoms with Gasteiger partial charge in [0.15, 0.2) is 5.76 Å². The maximum absolute atomic E-state index is 12.3. The molecule has 5 nitrogen and oxygen atoms in total. The minimum Gasteiger partial charge on any atom is -0.450 e. The molecule has 1 saturated carbocycles. The van der Waals surface area contributed by atoms with Crippen molar-refractivity contribution in [3.63, 3.8) is 0 Å². The predicted molar refractivity (Wildman–Crippen MR) is 78.2 cm³/mol. The van der Waals surface area contributed by atoms with E-state index >= 15 is 0 Å². The number of benzene rings is 1. The number of para-hydroxylation sites is 1. The Morgan fingerprint density at radius 3 is 2.52 bits per heavy atom. The normalized spacial score (nSPS) is 25.4. The lowest BCUT2D eigenvalue weighted by atomic mass is 10.1. The number of carbonyl (C=O) groups is 1. The summed E-state index contributed by atoms with van der Waals surface area (Å²) in [5.74, 6) is 0.00424. The molecule has 1 aliphatic carbocycles. The third-order valence-electron chi connectivity index (χ3n) is 4.20. The maximum atomic E-state index is 12.3. The van der Waals surface area contributed by atoms with Crippen LogP contribution in [0.3, 0.4) is 0 Å². The second-order valence-corrected chi connectivity index (χ2v) is 5.78. The van der Waals surface area contributed by atoms with Crippen molar-refractivity contribution in [2.75, 3.05) is 0 Å². The summed E-state index contributed by atoms with van der Waals surface area (Å²) in [6.45, 7) is 3.80. The molecule has 21 heavy (non-hydrogen) atoms. The Bertz CT molecular complexity index is 681. The van der Waals surface area contributed by atoms with E-state index in [1.54, 1.807) is 0 Å². The van der Waals surface area contributed by atoms with Gasteiger partial charge in [0.2, 0.25) is 0 Å². The van der Waals surface area contributed by atoms with Gasteiger partial charge in [-0.05, 0) is 32.3 Å². The molecule has 1 aromatic carbocycles. The van der Waals surface area contributed by atoms with Crippen LogP contribution in [0.2, 0.25) is 0 Å². The van der Waals surface area contributed by atoms with Gasteiger partial charge in [-0.15, -0.1) is 0 Å². The van der Waals surface area contributed by atoms with Crippen molar-refractivity contribution in [1.82, 2.24) is 5.32 Å². The molecular weight excluding hydrogens is 270 g/mol. The smallest absolute Gasteiger partial charge is 0.287 e. The topological polar surface area (TPSA) is 82.7 Å². The summed E-state index contributed by atoms with van der Waals surface area (Å²) < 4.78 is 5.72. The number of fused-ring (bicyclic) bond motifs is 1. The van der Waals surface area contributed by atoms with Gasteiger partial charge in [0.1, 0.15) is 5.58 Å². The molecule has 5 heteroatoms. The molecule has 0 bridgehead atoms. The molecule has 1 aromatic heterocycles. The van der Waals surface area contributed by atoms with Crippen molar-refractivity contribution < 1.29 is 19.4 Å². The largest absolute Gasteiger partial charge is 0.450 e. The Kier molecular flexibility index (Phi) is 3.47. The van der Waals surface area contributed by atoms with E-state index in [0.717, 1.165) is 22.1 Å². The van der Waals surface area contributed by atoms with E-state index in [1.165, 1.54) is 0 Å². The second kappa shape index (κ2) is 5.16. The fraction of sp³-hybridized carbons (Fsp3) is 0.438. The minimum absolute atomic E-state index is 0.226. The summed E-state index contributed by atoms with van der Waals surface area (Å²) in [7, 11) is 0. The standard InChI is InChI=1S/C16H19NO4/c1-8-4-3-5-11-9(2)15(21-14(8)11)16(20)17-10-6-12(18)13(19)7-10/h3-5,10,12-13,18-19H,6-7H2,1-2H3,(H,17,20)/t10?,12-,13+. The molecule has 1 aliphatic rings. The number of rotatable bonds is 2. The molecule has 1 amide bonds. The third kappa shape index (κ3) is 2.43. The number of nitrogens with one attached hydrogen (secondary N) is 1. The highest BCUT2D eigenvalue weighted by molar-refractivity contribution is 5.99. The summed E-state index contributed by atoms with van der Waals surface area (Å²) in [6.07, 6.45) is -0.806. The zero-order valence-electron chi connectivity index (χ0n) is 12.1. The van der Waals surface area contributed by atoms with Gasteiger partial charge in [0, 0.05) is 17.0 Å². The molecule has 1 unspecified atom stereocenters. The lowest BCUT2D eigenvalue weighted by molar-refractivity contribution is 0.0438. The molecule has 2 aromatic rings. The van der Waals surface area contributed by atoms with Gasteiger partial charge in [-0.2, -0.15) is 0 Å². The van der Waals surface area contributed by atoms with Gasteiger partial charge in [0.05, 0.1) is 12.2 Å². The first-order valence-corrected chi connectivity index (χ1v) is 7.13. The summed E-state index contributed by atoms with van der Waals surface area (Å²) in [5, 5.41) is 22.8. The van der Waals surface area contributed by atoms with E-state index in [-0.39, 0.29) is 11.9 Å². The van der Waals surface area contributed by atoms with Crippen molar-refractivity contribution >= 4 is 16.9 Å². The summed E-state index contributed by atoms with van der Waals surface area (Å²) in [6, 6.07) is 5.58. The lowest BCUT2D eigenvalue weighted by Crippen LogP contribution is -2.33. The number of hydrogen-bond acceptors (Lipinski definition) is 4. The highest BCUT2D eigenvalue weighted by Gasteiger charge is 2.33. The Labute approximate surface area is 122 Å². The van der Waals surface area contributed by atoms with E-state index < -0.39 is 12.2 Å². The molecule has 0 saturated heterocycles. The molecule has 112 valence electrons. The van der Waals surface area contributed by atoms with Gasteiger partial charge >= 0.3 is 0 Å². The average molecular weight is 289 g/mol. The number of hydrogen-bond donors (Lipinski definition) is 3. The van der Waals surface area contributed by atoms with Crippen molar-refractivity contribution in [3.05, 3.63) is 35.1 Å². The van der Waals surface area contributed by atoms with Crippen LogP contribution < -0.4 is 5.32 Å². The van der Waals surface area contributed by atoms with Crippen molar-refractivity contribution in [2.24, 2.45) is 0 Å². The Balaban J connectivity index is 1.85. The van der Waals surface area contributed by atoms with Crippen LogP contribution in [0.5, 0.6) is 0 Å². The molecule has 0 aliphatic heterocycles. The fourth-order valence-corrected chi connectivity index (χ4v) is 2.96. The first-order valence-electron chi connectivity index (χ1n) is 7.13. The number of aliphatic hydroxyl groups excluding tert-OH is 2. The van der Waals surface area contributed by atoms with E-state index in [9.17, 15) is 15.0 Å². The Morgan fingerprint density at radius 2 is 1.90 bits per heavy atom. The second-order valence-electron chi connectivity index (χ2n) is 5.78. The fourth-order valence-electron chi connectivity index (χ4n) is 2.96. The van der Waals surface area contributed by atoms with E-state index in [4.69, 9.17) is 4.42 Å². The maximum Gasteiger partial charge on any atom is 0.287 e.